The Morgan fingerprint density at radius 3 is 2.67 bits per heavy atom. The summed E-state index contributed by atoms with van der Waals surface area (Å²) in [6, 6.07) is 11.9. The van der Waals surface area contributed by atoms with Crippen LogP contribution in [0.3, 0.4) is 0 Å². The minimum atomic E-state index is -0.167. The Balaban J connectivity index is 2.02. The zero-order valence-electron chi connectivity index (χ0n) is 17.6. The standard InChI is InChI=1S/C24H26BrNO4/c1-5-29-22-12-23-20(21(14-30-23)17-6-8-18(25)9-7-17)11-19(22)15(2)10-24(27)26-16(3)13-28-4/h6-12,14,16H,5,13H2,1-4H3,(H,26,27)/b15-10+. The van der Waals surface area contributed by atoms with E-state index in [0.29, 0.717) is 19.0 Å². The number of carbonyl (C=O) groups is 1. The Bertz CT molecular complexity index is 1050. The molecule has 1 amide bonds. The van der Waals surface area contributed by atoms with Crippen LogP contribution in [0.5, 0.6) is 5.75 Å². The number of benzene rings is 2. The highest BCUT2D eigenvalue weighted by molar-refractivity contribution is 9.10. The molecular formula is C24H26BrNO4. The zero-order valence-corrected chi connectivity index (χ0v) is 19.2. The minimum absolute atomic E-state index is 0.0710. The van der Waals surface area contributed by atoms with E-state index in [4.69, 9.17) is 13.9 Å². The summed E-state index contributed by atoms with van der Waals surface area (Å²) in [6.45, 7) is 6.72. The van der Waals surface area contributed by atoms with Crippen molar-refractivity contribution in [2.24, 2.45) is 0 Å². The molecule has 0 spiro atoms. The minimum Gasteiger partial charge on any atom is -0.493 e. The van der Waals surface area contributed by atoms with Gasteiger partial charge in [-0.05, 0) is 50.1 Å². The van der Waals surface area contributed by atoms with Gasteiger partial charge in [0.05, 0.1) is 19.5 Å². The molecule has 2 aromatic carbocycles. The third-order valence-corrected chi connectivity index (χ3v) is 5.24. The molecule has 3 aromatic rings. The summed E-state index contributed by atoms with van der Waals surface area (Å²) in [5, 5.41) is 3.87. The Hall–Kier alpha value is -2.57. The molecular weight excluding hydrogens is 446 g/mol. The normalized spacial score (nSPS) is 12.8. The Morgan fingerprint density at radius 2 is 2.00 bits per heavy atom. The van der Waals surface area contributed by atoms with Crippen molar-refractivity contribution >= 4 is 38.4 Å². The number of furan rings is 1. The zero-order chi connectivity index (χ0) is 21.7. The van der Waals surface area contributed by atoms with Gasteiger partial charge >= 0.3 is 0 Å². The molecule has 6 heteroatoms. The third-order valence-electron chi connectivity index (χ3n) is 4.71. The summed E-state index contributed by atoms with van der Waals surface area (Å²) in [4.78, 5) is 12.4. The van der Waals surface area contributed by atoms with Gasteiger partial charge in [-0.2, -0.15) is 0 Å². The maximum absolute atomic E-state index is 12.4. The van der Waals surface area contributed by atoms with Crippen molar-refractivity contribution < 1.29 is 18.7 Å². The van der Waals surface area contributed by atoms with Gasteiger partial charge in [-0.15, -0.1) is 0 Å². The number of hydrogen-bond donors (Lipinski definition) is 1. The van der Waals surface area contributed by atoms with Gasteiger partial charge in [0.15, 0.2) is 0 Å². The molecule has 1 atom stereocenters. The fourth-order valence-corrected chi connectivity index (χ4v) is 3.61. The van der Waals surface area contributed by atoms with Gasteiger partial charge in [0, 0.05) is 46.3 Å². The molecule has 0 saturated heterocycles. The van der Waals surface area contributed by atoms with Crippen molar-refractivity contribution in [3.05, 3.63) is 58.8 Å². The first-order chi connectivity index (χ1) is 14.4. The van der Waals surface area contributed by atoms with Crippen molar-refractivity contribution in [1.82, 2.24) is 5.32 Å². The number of halogens is 1. The fraction of sp³-hybridized carbons (Fsp3) is 0.292. The first-order valence-corrected chi connectivity index (χ1v) is 10.6. The smallest absolute Gasteiger partial charge is 0.244 e. The van der Waals surface area contributed by atoms with Gasteiger partial charge < -0.3 is 19.2 Å². The van der Waals surface area contributed by atoms with E-state index in [0.717, 1.165) is 37.7 Å². The largest absolute Gasteiger partial charge is 0.493 e. The molecule has 1 unspecified atom stereocenters. The van der Waals surface area contributed by atoms with Crippen molar-refractivity contribution in [2.75, 3.05) is 20.3 Å². The van der Waals surface area contributed by atoms with E-state index in [-0.39, 0.29) is 11.9 Å². The lowest BCUT2D eigenvalue weighted by molar-refractivity contribution is -0.117. The van der Waals surface area contributed by atoms with Crippen LogP contribution in [0.2, 0.25) is 0 Å². The number of rotatable bonds is 8. The summed E-state index contributed by atoms with van der Waals surface area (Å²) in [5.74, 6) is 0.521. The molecule has 158 valence electrons. The third kappa shape index (κ3) is 5.12. The van der Waals surface area contributed by atoms with Gasteiger partial charge in [0.2, 0.25) is 5.91 Å². The number of nitrogens with one attached hydrogen (secondary N) is 1. The number of methoxy groups -OCH3 is 1. The molecule has 30 heavy (non-hydrogen) atoms. The number of hydrogen-bond acceptors (Lipinski definition) is 4. The number of allylic oxidation sites excluding steroid dienone is 1. The van der Waals surface area contributed by atoms with E-state index in [1.54, 1.807) is 19.4 Å². The molecule has 5 nitrogen and oxygen atoms in total. The van der Waals surface area contributed by atoms with Gasteiger partial charge in [0.1, 0.15) is 11.3 Å². The highest BCUT2D eigenvalue weighted by atomic mass is 79.9. The first kappa shape index (κ1) is 22.1. The molecule has 1 heterocycles. The van der Waals surface area contributed by atoms with E-state index in [9.17, 15) is 4.79 Å². The predicted molar refractivity (Wildman–Crippen MR) is 124 cm³/mol. The van der Waals surface area contributed by atoms with Crippen molar-refractivity contribution in [2.45, 2.75) is 26.8 Å². The van der Waals surface area contributed by atoms with E-state index in [2.05, 4.69) is 21.2 Å². The maximum atomic E-state index is 12.4. The van der Waals surface area contributed by atoms with Crippen LogP contribution in [0.1, 0.15) is 26.3 Å². The first-order valence-electron chi connectivity index (χ1n) is 9.85. The average Bonchev–Trinajstić information content (AvgIpc) is 3.11. The lowest BCUT2D eigenvalue weighted by Crippen LogP contribution is -2.34. The average molecular weight is 472 g/mol. The number of fused-ring (bicyclic) bond motifs is 1. The number of ether oxygens (including phenoxy) is 2. The quantitative estimate of drug-likeness (QED) is 0.420. The van der Waals surface area contributed by atoms with Crippen LogP contribution in [0.25, 0.3) is 27.7 Å². The predicted octanol–water partition coefficient (Wildman–Crippen LogP) is 5.82. The maximum Gasteiger partial charge on any atom is 0.244 e. The summed E-state index contributed by atoms with van der Waals surface area (Å²) >= 11 is 3.47. The highest BCUT2D eigenvalue weighted by Crippen LogP contribution is 2.37. The van der Waals surface area contributed by atoms with Crippen molar-refractivity contribution in [3.63, 3.8) is 0 Å². The molecule has 1 aromatic heterocycles. The van der Waals surface area contributed by atoms with Crippen molar-refractivity contribution in [3.8, 4) is 16.9 Å². The van der Waals surface area contributed by atoms with Gasteiger partial charge in [-0.1, -0.05) is 28.1 Å². The van der Waals surface area contributed by atoms with Crippen LogP contribution < -0.4 is 10.1 Å². The summed E-state index contributed by atoms with van der Waals surface area (Å²) in [7, 11) is 1.61. The second-order valence-corrected chi connectivity index (χ2v) is 8.04. The van der Waals surface area contributed by atoms with Gasteiger partial charge in [-0.3, -0.25) is 4.79 Å². The van der Waals surface area contributed by atoms with Crippen LogP contribution in [0, 0.1) is 0 Å². The van der Waals surface area contributed by atoms with Crippen LogP contribution >= 0.6 is 15.9 Å². The van der Waals surface area contributed by atoms with E-state index >= 15 is 0 Å². The topological polar surface area (TPSA) is 60.7 Å². The molecule has 0 fully saturated rings. The van der Waals surface area contributed by atoms with Crippen molar-refractivity contribution in [1.29, 1.82) is 0 Å². The summed E-state index contributed by atoms with van der Waals surface area (Å²) in [5.41, 5.74) is 4.46. The second-order valence-electron chi connectivity index (χ2n) is 7.13. The van der Waals surface area contributed by atoms with Crippen LogP contribution in [0.15, 0.2) is 57.6 Å². The molecule has 0 aliphatic heterocycles. The highest BCUT2D eigenvalue weighted by Gasteiger charge is 2.15. The van der Waals surface area contributed by atoms with E-state index < -0.39 is 0 Å². The summed E-state index contributed by atoms with van der Waals surface area (Å²) in [6.07, 6.45) is 3.35. The van der Waals surface area contributed by atoms with Crippen LogP contribution in [-0.2, 0) is 9.53 Å². The molecule has 0 aliphatic rings. The lowest BCUT2D eigenvalue weighted by atomic mass is 9.99. The number of carbonyl (C=O) groups excluding carboxylic acids is 1. The monoisotopic (exact) mass is 471 g/mol. The summed E-state index contributed by atoms with van der Waals surface area (Å²) < 4.78 is 17.7. The van der Waals surface area contributed by atoms with Crippen LogP contribution in [0.4, 0.5) is 0 Å². The molecule has 0 bridgehead atoms. The Kier molecular flexibility index (Phi) is 7.34. The Labute approximate surface area is 185 Å². The molecule has 0 aliphatic carbocycles. The van der Waals surface area contributed by atoms with Gasteiger partial charge in [0.25, 0.3) is 0 Å². The van der Waals surface area contributed by atoms with E-state index in [1.807, 2.05) is 57.2 Å². The Morgan fingerprint density at radius 1 is 1.27 bits per heavy atom. The molecule has 0 saturated carbocycles. The fourth-order valence-electron chi connectivity index (χ4n) is 3.34. The van der Waals surface area contributed by atoms with Gasteiger partial charge in [-0.25, -0.2) is 0 Å². The lowest BCUT2D eigenvalue weighted by Gasteiger charge is -2.13. The van der Waals surface area contributed by atoms with E-state index in [1.165, 1.54) is 0 Å². The van der Waals surface area contributed by atoms with Crippen LogP contribution in [-0.4, -0.2) is 32.3 Å². The SMILES string of the molecule is CCOc1cc2occ(-c3ccc(Br)cc3)c2cc1/C(C)=C/C(=O)NC(C)COC. The second kappa shape index (κ2) is 9.96. The number of amides is 1. The molecule has 0 radical (unpaired) electrons. The molecule has 1 N–H and O–H groups in total. The molecule has 3 rings (SSSR count).